The van der Waals surface area contributed by atoms with Gasteiger partial charge in [0, 0.05) is 16.5 Å². The molecule has 0 radical (unpaired) electrons. The lowest BCUT2D eigenvalue weighted by molar-refractivity contribution is 0.0698. The van der Waals surface area contributed by atoms with Crippen LogP contribution in [0, 0.1) is 17.5 Å². The number of pyridine rings is 1. The summed E-state index contributed by atoms with van der Waals surface area (Å²) < 4.78 is 42.2. The van der Waals surface area contributed by atoms with Crippen LogP contribution in [0.25, 0.3) is 33.3 Å². The molecule has 6 heteroatoms. The van der Waals surface area contributed by atoms with Gasteiger partial charge in [-0.05, 0) is 78.4 Å². The minimum absolute atomic E-state index is 0.00960. The largest absolute Gasteiger partial charge is 0.478 e. The van der Waals surface area contributed by atoms with Crippen LogP contribution < -0.4 is 0 Å². The van der Waals surface area contributed by atoms with Crippen LogP contribution in [0.2, 0.25) is 0 Å². The summed E-state index contributed by atoms with van der Waals surface area (Å²) >= 11 is 0. The lowest BCUT2D eigenvalue weighted by Gasteiger charge is -2.15. The van der Waals surface area contributed by atoms with Gasteiger partial charge < -0.3 is 5.11 Å². The lowest BCUT2D eigenvalue weighted by Crippen LogP contribution is -2.07. The molecule has 1 N–H and O–H groups in total. The predicted molar refractivity (Wildman–Crippen MR) is 111 cm³/mol. The Morgan fingerprint density at radius 2 is 1.61 bits per heavy atom. The molecule has 0 bridgehead atoms. The summed E-state index contributed by atoms with van der Waals surface area (Å²) in [5, 5.41) is 10.1. The number of benzene rings is 3. The predicted octanol–water partition coefficient (Wildman–Crippen LogP) is 6.17. The lowest BCUT2D eigenvalue weighted by atomic mass is 9.93. The Labute approximate surface area is 175 Å². The number of halogens is 3. The first-order valence-corrected chi connectivity index (χ1v) is 9.86. The number of aryl methyl sites for hydroxylation is 1. The number of carboxylic acids is 1. The second-order valence-corrected chi connectivity index (χ2v) is 7.63. The van der Waals surface area contributed by atoms with Gasteiger partial charge in [0.2, 0.25) is 0 Å². The third-order valence-electron chi connectivity index (χ3n) is 5.74. The normalized spacial score (nSPS) is 12.9. The van der Waals surface area contributed by atoms with E-state index in [1.165, 1.54) is 48.5 Å². The molecule has 154 valence electrons. The number of nitrogens with zero attached hydrogens (tertiary/aromatic N) is 1. The van der Waals surface area contributed by atoms with Crippen molar-refractivity contribution in [3.05, 3.63) is 88.7 Å². The van der Waals surface area contributed by atoms with E-state index in [4.69, 9.17) is 0 Å². The minimum atomic E-state index is -1.17. The molecule has 31 heavy (non-hydrogen) atoms. The number of carbonyl (C=O) groups is 1. The molecular formula is C25H16F3NO2. The molecule has 1 aliphatic carbocycles. The average molecular weight is 419 g/mol. The van der Waals surface area contributed by atoms with Gasteiger partial charge in [0.1, 0.15) is 17.5 Å². The summed E-state index contributed by atoms with van der Waals surface area (Å²) in [7, 11) is 0. The van der Waals surface area contributed by atoms with Crippen molar-refractivity contribution in [2.24, 2.45) is 0 Å². The van der Waals surface area contributed by atoms with Crippen LogP contribution in [0.4, 0.5) is 13.2 Å². The van der Waals surface area contributed by atoms with Gasteiger partial charge in [-0.2, -0.15) is 0 Å². The van der Waals surface area contributed by atoms with E-state index in [0.29, 0.717) is 52.7 Å². The van der Waals surface area contributed by atoms with Crippen molar-refractivity contribution in [3.63, 3.8) is 0 Å². The summed E-state index contributed by atoms with van der Waals surface area (Å²) in [6.07, 6.45) is 1.67. The van der Waals surface area contributed by atoms with Crippen LogP contribution in [0.5, 0.6) is 0 Å². The molecule has 0 aliphatic heterocycles. The number of aromatic nitrogens is 1. The fourth-order valence-corrected chi connectivity index (χ4v) is 4.34. The number of hydrogen-bond acceptors (Lipinski definition) is 2. The smallest absolute Gasteiger partial charge is 0.336 e. The number of hydrogen-bond donors (Lipinski definition) is 1. The molecular weight excluding hydrogens is 403 g/mol. The van der Waals surface area contributed by atoms with E-state index in [1.807, 2.05) is 0 Å². The standard InChI is InChI=1S/C25H16F3NO2/c26-15-6-4-13(5-7-15)18-10-14-2-1-3-17-23(25(30)31)20-11-16(27)8-9-22(20)29-24(17)19(14)12-21(18)28/h4-12H,1-3H2,(H,30,31). The third kappa shape index (κ3) is 3.24. The monoisotopic (exact) mass is 419 g/mol. The molecule has 5 rings (SSSR count). The van der Waals surface area contributed by atoms with E-state index >= 15 is 4.39 Å². The fourth-order valence-electron chi connectivity index (χ4n) is 4.34. The molecule has 0 spiro atoms. The maximum Gasteiger partial charge on any atom is 0.336 e. The van der Waals surface area contributed by atoms with Crippen LogP contribution in [0.1, 0.15) is 27.9 Å². The zero-order valence-corrected chi connectivity index (χ0v) is 16.3. The van der Waals surface area contributed by atoms with E-state index in [9.17, 15) is 18.7 Å². The summed E-state index contributed by atoms with van der Waals surface area (Å²) in [5.74, 6) is -2.61. The molecule has 1 aromatic heterocycles. The average Bonchev–Trinajstić information content (AvgIpc) is 2.91. The molecule has 0 saturated carbocycles. The highest BCUT2D eigenvalue weighted by molar-refractivity contribution is 6.06. The van der Waals surface area contributed by atoms with Crippen molar-refractivity contribution in [2.45, 2.75) is 19.3 Å². The molecule has 1 heterocycles. The van der Waals surface area contributed by atoms with Gasteiger partial charge in [0.15, 0.2) is 0 Å². The zero-order valence-electron chi connectivity index (χ0n) is 16.3. The number of rotatable bonds is 2. The zero-order chi connectivity index (χ0) is 21.7. The Kier molecular flexibility index (Phi) is 4.50. The second-order valence-electron chi connectivity index (χ2n) is 7.63. The van der Waals surface area contributed by atoms with Crippen LogP contribution >= 0.6 is 0 Å². The van der Waals surface area contributed by atoms with Crippen molar-refractivity contribution in [1.82, 2.24) is 4.98 Å². The van der Waals surface area contributed by atoms with Crippen molar-refractivity contribution < 1.29 is 23.1 Å². The van der Waals surface area contributed by atoms with E-state index in [-0.39, 0.29) is 10.9 Å². The van der Waals surface area contributed by atoms with Gasteiger partial charge in [-0.3, -0.25) is 0 Å². The number of carboxylic acid groups (broad SMARTS) is 1. The van der Waals surface area contributed by atoms with Gasteiger partial charge in [-0.15, -0.1) is 0 Å². The van der Waals surface area contributed by atoms with Crippen molar-refractivity contribution >= 4 is 16.9 Å². The summed E-state index contributed by atoms with van der Waals surface area (Å²) in [5.41, 5.74) is 3.52. The fraction of sp³-hybridized carbons (Fsp3) is 0.120. The van der Waals surface area contributed by atoms with E-state index in [1.54, 1.807) is 6.07 Å². The SMILES string of the molecule is O=C(O)c1c2c(nc3ccc(F)cc13)-c1cc(F)c(-c3ccc(F)cc3)cc1CCC2. The first-order valence-electron chi connectivity index (χ1n) is 9.86. The molecule has 3 nitrogen and oxygen atoms in total. The Bertz CT molecular complexity index is 1360. The second kappa shape index (κ2) is 7.23. The van der Waals surface area contributed by atoms with Crippen LogP contribution in [-0.2, 0) is 12.8 Å². The van der Waals surface area contributed by atoms with Gasteiger partial charge in [0.25, 0.3) is 0 Å². The van der Waals surface area contributed by atoms with Gasteiger partial charge >= 0.3 is 5.97 Å². The maximum absolute atomic E-state index is 15.1. The molecule has 0 amide bonds. The molecule has 0 unspecified atom stereocenters. The summed E-state index contributed by atoms with van der Waals surface area (Å²) in [6.45, 7) is 0. The number of fused-ring (bicyclic) bond motifs is 4. The van der Waals surface area contributed by atoms with Crippen LogP contribution in [0.15, 0.2) is 54.6 Å². The van der Waals surface area contributed by atoms with E-state index < -0.39 is 23.4 Å². The third-order valence-corrected chi connectivity index (χ3v) is 5.74. The highest BCUT2D eigenvalue weighted by atomic mass is 19.1. The highest BCUT2D eigenvalue weighted by Gasteiger charge is 2.26. The molecule has 4 aromatic rings. The molecule has 0 atom stereocenters. The molecule has 0 fully saturated rings. The maximum atomic E-state index is 15.1. The Morgan fingerprint density at radius 3 is 2.35 bits per heavy atom. The highest BCUT2D eigenvalue weighted by Crippen LogP contribution is 2.39. The molecule has 0 saturated heterocycles. The van der Waals surface area contributed by atoms with E-state index in [2.05, 4.69) is 4.98 Å². The quantitative estimate of drug-likeness (QED) is 0.423. The van der Waals surface area contributed by atoms with Gasteiger partial charge in [-0.25, -0.2) is 22.9 Å². The Balaban J connectivity index is 1.78. The summed E-state index contributed by atoms with van der Waals surface area (Å²) in [4.78, 5) is 16.7. The van der Waals surface area contributed by atoms with Crippen LogP contribution in [-0.4, -0.2) is 16.1 Å². The first-order chi connectivity index (χ1) is 14.9. The van der Waals surface area contributed by atoms with Crippen LogP contribution in [0.3, 0.4) is 0 Å². The molecule has 3 aromatic carbocycles. The van der Waals surface area contributed by atoms with Crippen molar-refractivity contribution in [2.75, 3.05) is 0 Å². The van der Waals surface area contributed by atoms with Gasteiger partial charge in [0.05, 0.1) is 16.8 Å². The van der Waals surface area contributed by atoms with Crippen molar-refractivity contribution in [3.8, 4) is 22.4 Å². The first kappa shape index (κ1) is 19.3. The van der Waals surface area contributed by atoms with Gasteiger partial charge in [-0.1, -0.05) is 12.1 Å². The Morgan fingerprint density at radius 1 is 0.871 bits per heavy atom. The van der Waals surface area contributed by atoms with Crippen molar-refractivity contribution in [1.29, 1.82) is 0 Å². The number of aromatic carboxylic acids is 1. The molecule has 1 aliphatic rings. The Hall–Kier alpha value is -3.67. The minimum Gasteiger partial charge on any atom is -0.478 e. The topological polar surface area (TPSA) is 50.2 Å². The summed E-state index contributed by atoms with van der Waals surface area (Å²) in [6, 6.07) is 12.5. The van der Waals surface area contributed by atoms with E-state index in [0.717, 1.165) is 5.56 Å².